The molecular weight excluding hydrogens is 336 g/mol. The molecule has 0 aromatic rings. The third kappa shape index (κ3) is 3.67. The summed E-state index contributed by atoms with van der Waals surface area (Å²) in [6.07, 6.45) is -17.3. The smallest absolute Gasteiger partial charge is 0.335 e. The van der Waals surface area contributed by atoms with E-state index >= 15 is 0 Å². The Balaban J connectivity index is 1.98. The Kier molecular flexibility index (Phi) is 6.09. The van der Waals surface area contributed by atoms with Gasteiger partial charge in [-0.25, -0.2) is 4.79 Å². The fourth-order valence-corrected chi connectivity index (χ4v) is 2.45. The van der Waals surface area contributed by atoms with Crippen molar-refractivity contribution in [2.75, 3.05) is 6.61 Å². The fourth-order valence-electron chi connectivity index (χ4n) is 2.45. The first-order valence-corrected chi connectivity index (χ1v) is 7.07. The summed E-state index contributed by atoms with van der Waals surface area (Å²) in [6.45, 7) is -0.584. The predicted molar refractivity (Wildman–Crippen MR) is 69.2 cm³/mol. The van der Waals surface area contributed by atoms with E-state index in [1.165, 1.54) is 0 Å². The van der Waals surface area contributed by atoms with Gasteiger partial charge in [0.05, 0.1) is 6.61 Å². The molecule has 0 aromatic carbocycles. The number of carboxylic acid groups (broad SMARTS) is 1. The summed E-state index contributed by atoms with van der Waals surface area (Å²) in [7, 11) is 0. The summed E-state index contributed by atoms with van der Waals surface area (Å²) >= 11 is 0. The number of aliphatic hydroxyl groups is 7. The fraction of sp³-hybridized carbons (Fsp3) is 0.917. The molecule has 2 aliphatic rings. The van der Waals surface area contributed by atoms with Crippen LogP contribution in [-0.4, -0.2) is 115 Å². The van der Waals surface area contributed by atoms with Gasteiger partial charge < -0.3 is 55.1 Å². The summed E-state index contributed by atoms with van der Waals surface area (Å²) < 4.78 is 14.7. The molecule has 0 unspecified atom stereocenters. The number of carboxylic acids is 1. The minimum absolute atomic E-state index is 0.584. The molecule has 2 fully saturated rings. The Labute approximate surface area is 135 Å². The van der Waals surface area contributed by atoms with E-state index in [1.807, 2.05) is 0 Å². The van der Waals surface area contributed by atoms with E-state index < -0.39 is 74.0 Å². The maximum absolute atomic E-state index is 11.0. The van der Waals surface area contributed by atoms with Gasteiger partial charge in [0.1, 0.15) is 42.7 Å². The van der Waals surface area contributed by atoms with Crippen LogP contribution in [0.2, 0.25) is 0 Å². The molecule has 0 spiro atoms. The molecule has 140 valence electrons. The number of hydrogen-bond acceptors (Lipinski definition) is 11. The second-order valence-corrected chi connectivity index (χ2v) is 5.61. The highest BCUT2D eigenvalue weighted by atomic mass is 16.7. The number of aliphatic carboxylic acids is 1. The van der Waals surface area contributed by atoms with Gasteiger partial charge >= 0.3 is 5.97 Å². The molecule has 12 nitrogen and oxygen atoms in total. The number of hydrogen-bond donors (Lipinski definition) is 8. The van der Waals surface area contributed by atoms with Gasteiger partial charge in [0, 0.05) is 0 Å². The highest BCUT2D eigenvalue weighted by Gasteiger charge is 2.49. The summed E-state index contributed by atoms with van der Waals surface area (Å²) in [5.74, 6) is -1.59. The zero-order chi connectivity index (χ0) is 18.2. The maximum Gasteiger partial charge on any atom is 0.335 e. The maximum atomic E-state index is 11.0. The van der Waals surface area contributed by atoms with Gasteiger partial charge in [-0.3, -0.25) is 0 Å². The lowest BCUT2D eigenvalue weighted by Gasteiger charge is -2.41. The molecule has 0 aromatic heterocycles. The van der Waals surface area contributed by atoms with Crippen molar-refractivity contribution in [3.63, 3.8) is 0 Å². The van der Waals surface area contributed by atoms with Crippen molar-refractivity contribution in [3.8, 4) is 0 Å². The molecule has 8 N–H and O–H groups in total. The summed E-state index contributed by atoms with van der Waals surface area (Å²) in [6, 6.07) is 0. The molecule has 2 saturated heterocycles. The van der Waals surface area contributed by atoms with E-state index in [4.69, 9.17) is 19.3 Å². The summed E-state index contributed by atoms with van der Waals surface area (Å²) in [4.78, 5) is 11.0. The van der Waals surface area contributed by atoms with Crippen LogP contribution >= 0.6 is 0 Å². The van der Waals surface area contributed by atoms with Crippen LogP contribution in [0, 0.1) is 0 Å². The van der Waals surface area contributed by atoms with Crippen LogP contribution in [0.1, 0.15) is 0 Å². The molecule has 0 amide bonds. The zero-order valence-electron chi connectivity index (χ0n) is 12.2. The second kappa shape index (κ2) is 7.53. The minimum Gasteiger partial charge on any atom is -0.479 e. The molecule has 2 aliphatic heterocycles. The zero-order valence-corrected chi connectivity index (χ0v) is 12.2. The van der Waals surface area contributed by atoms with Crippen molar-refractivity contribution in [2.24, 2.45) is 0 Å². The average molecular weight is 356 g/mol. The van der Waals surface area contributed by atoms with Gasteiger partial charge in [-0.05, 0) is 0 Å². The van der Waals surface area contributed by atoms with E-state index in [2.05, 4.69) is 0 Å². The van der Waals surface area contributed by atoms with Crippen molar-refractivity contribution >= 4 is 5.97 Å². The van der Waals surface area contributed by atoms with Gasteiger partial charge in [-0.1, -0.05) is 0 Å². The third-order valence-electron chi connectivity index (χ3n) is 3.92. The first-order valence-electron chi connectivity index (χ1n) is 7.07. The quantitative estimate of drug-likeness (QED) is 0.238. The highest BCUT2D eigenvalue weighted by molar-refractivity contribution is 5.73. The molecule has 12 heteroatoms. The monoisotopic (exact) mass is 356 g/mol. The van der Waals surface area contributed by atoms with Gasteiger partial charge in [-0.15, -0.1) is 0 Å². The first-order chi connectivity index (χ1) is 11.1. The van der Waals surface area contributed by atoms with Crippen LogP contribution in [0.3, 0.4) is 0 Å². The van der Waals surface area contributed by atoms with Gasteiger partial charge in [-0.2, -0.15) is 0 Å². The van der Waals surface area contributed by atoms with Crippen LogP contribution in [0.25, 0.3) is 0 Å². The normalized spacial score (nSPS) is 49.8. The summed E-state index contributed by atoms with van der Waals surface area (Å²) in [5, 5.41) is 75.8. The topological polar surface area (TPSA) is 207 Å². The minimum atomic E-state index is -1.88. The van der Waals surface area contributed by atoms with Crippen molar-refractivity contribution in [2.45, 2.75) is 61.4 Å². The van der Waals surface area contributed by atoms with E-state index in [0.29, 0.717) is 0 Å². The van der Waals surface area contributed by atoms with Gasteiger partial charge in [0.2, 0.25) is 0 Å². The molecule has 0 aliphatic carbocycles. The largest absolute Gasteiger partial charge is 0.479 e. The lowest BCUT2D eigenvalue weighted by molar-refractivity contribution is -0.321. The number of carbonyl (C=O) groups is 1. The van der Waals surface area contributed by atoms with Crippen LogP contribution in [0.15, 0.2) is 0 Å². The first kappa shape index (κ1) is 19.4. The molecule has 0 saturated carbocycles. The predicted octanol–water partition coefficient (Wildman–Crippen LogP) is -5.30. The lowest BCUT2D eigenvalue weighted by atomic mass is 9.98. The lowest BCUT2D eigenvalue weighted by Crippen LogP contribution is -2.62. The Bertz CT molecular complexity index is 446. The van der Waals surface area contributed by atoms with E-state index in [9.17, 15) is 40.5 Å². The van der Waals surface area contributed by atoms with Crippen LogP contribution in [0.4, 0.5) is 0 Å². The molecule has 0 bridgehead atoms. The molecular formula is C12H20O12. The molecule has 10 atom stereocenters. The standard InChI is InChI=1S/C12H20O12/c13-3-2(23-11(21)7(17)4(3)14)1-22-12-8(18)5(15)6(16)9(24-12)10(19)20/h2-9,11-18,21H,1H2,(H,19,20)/t2-,3-,4+,5+,6+,7-,8-,9+,11-,12+/m1/s1. The van der Waals surface area contributed by atoms with Crippen molar-refractivity contribution < 1.29 is 59.9 Å². The van der Waals surface area contributed by atoms with Gasteiger partial charge in [0.25, 0.3) is 0 Å². The van der Waals surface area contributed by atoms with Crippen molar-refractivity contribution in [1.82, 2.24) is 0 Å². The Morgan fingerprint density at radius 1 is 0.792 bits per heavy atom. The van der Waals surface area contributed by atoms with E-state index in [0.717, 1.165) is 0 Å². The number of aliphatic hydroxyl groups excluding tert-OH is 7. The van der Waals surface area contributed by atoms with E-state index in [-0.39, 0.29) is 0 Å². The summed E-state index contributed by atoms with van der Waals surface area (Å²) in [5.41, 5.74) is 0. The van der Waals surface area contributed by atoms with Crippen LogP contribution < -0.4 is 0 Å². The SMILES string of the molecule is O=C(O)[C@H]1O[C@H](OC[C@H]2O[C@@H](O)[C@H](O)[C@@H](O)[C@@H]2O)[C@H](O)[C@@H](O)[C@@H]1O. The average Bonchev–Trinajstić information content (AvgIpc) is 2.54. The molecule has 0 radical (unpaired) electrons. The number of rotatable bonds is 4. The molecule has 2 heterocycles. The van der Waals surface area contributed by atoms with E-state index in [1.54, 1.807) is 0 Å². The second-order valence-electron chi connectivity index (χ2n) is 5.61. The van der Waals surface area contributed by atoms with Crippen molar-refractivity contribution in [1.29, 1.82) is 0 Å². The highest BCUT2D eigenvalue weighted by Crippen LogP contribution is 2.25. The third-order valence-corrected chi connectivity index (χ3v) is 3.92. The Morgan fingerprint density at radius 2 is 1.38 bits per heavy atom. The van der Waals surface area contributed by atoms with Crippen LogP contribution in [0.5, 0.6) is 0 Å². The number of ether oxygens (including phenoxy) is 3. The molecule has 2 rings (SSSR count). The van der Waals surface area contributed by atoms with Gasteiger partial charge in [0.15, 0.2) is 18.7 Å². The van der Waals surface area contributed by atoms with Crippen LogP contribution in [-0.2, 0) is 19.0 Å². The Hall–Kier alpha value is -0.930. The molecule has 24 heavy (non-hydrogen) atoms. The van der Waals surface area contributed by atoms with Crippen molar-refractivity contribution in [3.05, 3.63) is 0 Å². The Morgan fingerprint density at radius 3 is 1.96 bits per heavy atom.